The van der Waals surface area contributed by atoms with Crippen molar-refractivity contribution in [3.8, 4) is 0 Å². The second-order valence-electron chi connectivity index (χ2n) is 13.3. The van der Waals surface area contributed by atoms with Crippen molar-refractivity contribution in [2.45, 2.75) is 89.7 Å². The molecule has 1 spiro atoms. The fraction of sp³-hybridized carbons (Fsp3) is 0.529. The highest BCUT2D eigenvalue weighted by Crippen LogP contribution is 2.60. The number of halogens is 2. The molecule has 0 unspecified atom stereocenters. The largest absolute Gasteiger partial charge is 0.435 e. The predicted octanol–water partition coefficient (Wildman–Crippen LogP) is 7.00. The van der Waals surface area contributed by atoms with Crippen molar-refractivity contribution in [1.82, 2.24) is 9.97 Å². The maximum absolute atomic E-state index is 13.0. The molecular formula is C34H37Cl2N3O7. The standard InChI is InChI=1S/C34H37Cl2N3O7/c1-18-4-7-24-19(2)31(43-32-34(24)23(18)12-13-33(3,44-32)45-46-34)42-30(41)11-10-29(40)39-21-6-9-27-22(16-21)28(38-17-37-27)15-20-5-8-25(35)26(36)14-20/h5-6,8-9,14,16-19,23-24,31-32H,4,7,10-13,15H2,1-3H3,(H,39,40)/t18-,19-,23+,24+,31-,32-,33+,34-/m1/s1. The normalized spacial score (nSPS) is 33.2. The van der Waals surface area contributed by atoms with Gasteiger partial charge in [0.05, 0.1) is 27.7 Å². The Morgan fingerprint density at radius 3 is 2.67 bits per heavy atom. The summed E-state index contributed by atoms with van der Waals surface area (Å²) < 4.78 is 18.5. The molecule has 8 atom stereocenters. The summed E-state index contributed by atoms with van der Waals surface area (Å²) in [4.78, 5) is 46.8. The lowest BCUT2D eigenvalue weighted by Crippen LogP contribution is -2.70. The first kappa shape index (κ1) is 31.7. The van der Waals surface area contributed by atoms with Gasteiger partial charge in [0.2, 0.25) is 18.0 Å². The van der Waals surface area contributed by atoms with Crippen LogP contribution in [0.25, 0.3) is 10.9 Å². The highest BCUT2D eigenvalue weighted by atomic mass is 35.5. The molecule has 1 N–H and O–H groups in total. The first-order valence-electron chi connectivity index (χ1n) is 15.9. The lowest BCUT2D eigenvalue weighted by molar-refractivity contribution is -0.576. The third-order valence-corrected chi connectivity index (χ3v) is 11.0. The van der Waals surface area contributed by atoms with Crippen molar-refractivity contribution in [3.05, 3.63) is 64.0 Å². The zero-order chi connectivity index (χ0) is 32.2. The monoisotopic (exact) mass is 669 g/mol. The predicted molar refractivity (Wildman–Crippen MR) is 170 cm³/mol. The van der Waals surface area contributed by atoms with Gasteiger partial charge >= 0.3 is 5.97 Å². The molecule has 46 heavy (non-hydrogen) atoms. The molecule has 1 aliphatic carbocycles. The van der Waals surface area contributed by atoms with Crippen molar-refractivity contribution in [1.29, 1.82) is 0 Å². The molecule has 3 aromatic rings. The molecule has 4 aliphatic heterocycles. The van der Waals surface area contributed by atoms with E-state index in [-0.39, 0.29) is 36.5 Å². The molecule has 4 saturated heterocycles. The van der Waals surface area contributed by atoms with Gasteiger partial charge in [-0.25, -0.2) is 19.7 Å². The summed E-state index contributed by atoms with van der Waals surface area (Å²) in [7, 11) is 0. The van der Waals surface area contributed by atoms with Gasteiger partial charge in [-0.3, -0.25) is 9.59 Å². The number of hydrogen-bond acceptors (Lipinski definition) is 9. The summed E-state index contributed by atoms with van der Waals surface area (Å²) in [6.45, 7) is 6.13. The van der Waals surface area contributed by atoms with Crippen LogP contribution in [0.1, 0.15) is 70.6 Å². The highest BCUT2D eigenvalue weighted by Gasteiger charge is 2.69. The summed E-state index contributed by atoms with van der Waals surface area (Å²) in [5.41, 5.74) is 2.30. The third-order valence-electron chi connectivity index (χ3n) is 10.3. The number of benzene rings is 2. The van der Waals surface area contributed by atoms with Gasteiger partial charge in [0.15, 0.2) is 11.9 Å². The van der Waals surface area contributed by atoms with Crippen LogP contribution in [0.2, 0.25) is 10.0 Å². The van der Waals surface area contributed by atoms with Crippen molar-refractivity contribution < 1.29 is 33.6 Å². The highest BCUT2D eigenvalue weighted by molar-refractivity contribution is 6.42. The zero-order valence-corrected chi connectivity index (χ0v) is 27.5. The third kappa shape index (κ3) is 5.77. The number of carbonyl (C=O) groups is 2. The van der Waals surface area contributed by atoms with Gasteiger partial charge in [-0.15, -0.1) is 0 Å². The Hall–Kier alpha value is -2.86. The van der Waals surface area contributed by atoms with E-state index < -0.39 is 29.9 Å². The molecular weight excluding hydrogens is 633 g/mol. The number of carbonyl (C=O) groups excluding carboxylic acids is 2. The molecule has 244 valence electrons. The van der Waals surface area contributed by atoms with E-state index in [1.807, 2.05) is 38.1 Å². The lowest BCUT2D eigenvalue weighted by Gasteiger charge is -2.59. The number of esters is 1. The Bertz CT molecular complexity index is 1670. The van der Waals surface area contributed by atoms with Crippen LogP contribution in [0.4, 0.5) is 5.69 Å². The summed E-state index contributed by atoms with van der Waals surface area (Å²) >= 11 is 12.3. The van der Waals surface area contributed by atoms with E-state index in [1.54, 1.807) is 12.1 Å². The van der Waals surface area contributed by atoms with Crippen LogP contribution >= 0.6 is 23.2 Å². The van der Waals surface area contributed by atoms with Crippen molar-refractivity contribution in [3.63, 3.8) is 0 Å². The van der Waals surface area contributed by atoms with Crippen LogP contribution < -0.4 is 5.32 Å². The van der Waals surface area contributed by atoms with Crippen LogP contribution in [-0.4, -0.2) is 45.8 Å². The Balaban J connectivity index is 0.983. The number of ether oxygens (including phenoxy) is 3. The van der Waals surface area contributed by atoms with Gasteiger partial charge in [-0.05, 0) is 73.9 Å². The average Bonchev–Trinajstić information content (AvgIpc) is 3.26. The van der Waals surface area contributed by atoms with E-state index >= 15 is 0 Å². The summed E-state index contributed by atoms with van der Waals surface area (Å²) in [6, 6.07) is 10.9. The summed E-state index contributed by atoms with van der Waals surface area (Å²) in [6.07, 6.45) is 3.90. The molecule has 1 amide bonds. The Morgan fingerprint density at radius 2 is 1.85 bits per heavy atom. The minimum atomic E-state index is -0.913. The number of nitrogens with one attached hydrogen (secondary N) is 1. The number of hydrogen-bond donors (Lipinski definition) is 1. The molecule has 10 nitrogen and oxygen atoms in total. The quantitative estimate of drug-likeness (QED) is 0.210. The van der Waals surface area contributed by atoms with E-state index in [0.29, 0.717) is 34.5 Å². The number of nitrogens with zero attached hydrogens (tertiary/aromatic N) is 2. The molecule has 5 heterocycles. The Morgan fingerprint density at radius 1 is 1.00 bits per heavy atom. The molecule has 12 heteroatoms. The van der Waals surface area contributed by atoms with E-state index in [0.717, 1.165) is 41.4 Å². The van der Waals surface area contributed by atoms with Crippen LogP contribution in [0.3, 0.4) is 0 Å². The van der Waals surface area contributed by atoms with Gasteiger partial charge < -0.3 is 19.5 Å². The average molecular weight is 671 g/mol. The van der Waals surface area contributed by atoms with E-state index in [9.17, 15) is 9.59 Å². The van der Waals surface area contributed by atoms with E-state index in [2.05, 4.69) is 22.2 Å². The first-order valence-corrected chi connectivity index (χ1v) is 16.7. The zero-order valence-electron chi connectivity index (χ0n) is 26.0. The van der Waals surface area contributed by atoms with Crippen LogP contribution in [0, 0.1) is 23.7 Å². The minimum absolute atomic E-state index is 0.0367. The van der Waals surface area contributed by atoms with Gasteiger partial charge in [0.25, 0.3) is 0 Å². The van der Waals surface area contributed by atoms with E-state index in [1.165, 1.54) is 6.33 Å². The number of amides is 1. The molecule has 5 aliphatic rings. The topological polar surface area (TPSA) is 118 Å². The molecule has 2 bridgehead atoms. The van der Waals surface area contributed by atoms with Crippen LogP contribution in [-0.2, 0) is 40.0 Å². The van der Waals surface area contributed by atoms with Gasteiger partial charge in [0, 0.05) is 42.2 Å². The lowest BCUT2D eigenvalue weighted by atomic mass is 9.58. The Kier molecular flexibility index (Phi) is 8.48. The smallest absolute Gasteiger partial charge is 0.308 e. The van der Waals surface area contributed by atoms with Gasteiger partial charge in [-0.1, -0.05) is 43.1 Å². The fourth-order valence-electron chi connectivity index (χ4n) is 7.81. The van der Waals surface area contributed by atoms with Crippen molar-refractivity contribution in [2.24, 2.45) is 23.7 Å². The fourth-order valence-corrected chi connectivity index (χ4v) is 8.13. The number of aromatic nitrogens is 2. The molecule has 1 saturated carbocycles. The van der Waals surface area contributed by atoms with Crippen molar-refractivity contribution >= 4 is 51.7 Å². The number of fused-ring (bicyclic) bond motifs is 3. The second kappa shape index (κ2) is 12.3. The first-order chi connectivity index (χ1) is 22.0. The second-order valence-corrected chi connectivity index (χ2v) is 14.1. The summed E-state index contributed by atoms with van der Waals surface area (Å²) in [5, 5.41) is 4.63. The minimum Gasteiger partial charge on any atom is -0.435 e. The van der Waals surface area contributed by atoms with E-state index in [4.69, 9.17) is 47.2 Å². The summed E-state index contributed by atoms with van der Waals surface area (Å²) in [5.74, 6) is -1.19. The molecule has 1 aromatic heterocycles. The molecule has 8 rings (SSSR count). The maximum Gasteiger partial charge on any atom is 0.308 e. The van der Waals surface area contributed by atoms with Crippen LogP contribution in [0.15, 0.2) is 42.7 Å². The van der Waals surface area contributed by atoms with Gasteiger partial charge in [0.1, 0.15) is 6.33 Å². The molecule has 0 radical (unpaired) electrons. The molecule has 5 fully saturated rings. The SMILES string of the molecule is C[C@H]1[C@H](OC(=O)CCC(=O)Nc2ccc3ncnc(Cc4ccc(Cl)c(Cl)c4)c3c2)O[C@@H]2O[C@]3(C)CC[C@H]4[C@H](C)CC[C@@H]1[C@@]24OO3. The van der Waals surface area contributed by atoms with Crippen molar-refractivity contribution in [2.75, 3.05) is 5.32 Å². The number of anilines is 1. The number of rotatable bonds is 7. The van der Waals surface area contributed by atoms with Gasteiger partial charge in [-0.2, -0.15) is 0 Å². The maximum atomic E-state index is 13.0. The Labute approximate surface area is 277 Å². The van der Waals surface area contributed by atoms with Crippen LogP contribution in [0.5, 0.6) is 0 Å². The molecule has 2 aromatic carbocycles.